The van der Waals surface area contributed by atoms with Crippen LogP contribution in [-0.2, 0) is 0 Å². The van der Waals surface area contributed by atoms with Gasteiger partial charge in [-0.25, -0.2) is 0 Å². The molecule has 0 radical (unpaired) electrons. The molecule has 0 saturated heterocycles. The van der Waals surface area contributed by atoms with Gasteiger partial charge in [0.15, 0.2) is 5.71 Å². The van der Waals surface area contributed by atoms with Gasteiger partial charge < -0.3 is 5.21 Å². The summed E-state index contributed by atoms with van der Waals surface area (Å²) in [5.74, 6) is 0. The fourth-order valence-electron chi connectivity index (χ4n) is 1.87. The Morgan fingerprint density at radius 2 is 1.67 bits per heavy atom. The van der Waals surface area contributed by atoms with Crippen molar-refractivity contribution in [2.24, 2.45) is 5.16 Å². The first kappa shape index (κ1) is 12.4. The average molecular weight is 253 g/mol. The SMILES string of the molecule is Cc1cc2ccccc2cc1/C(=N/O)C(F)(F)F. The first-order chi connectivity index (χ1) is 8.43. The molecule has 5 heteroatoms. The maximum atomic E-state index is 12.7. The Balaban J connectivity index is 2.68. The summed E-state index contributed by atoms with van der Waals surface area (Å²) in [6, 6.07) is 10.1. The number of halogens is 3. The summed E-state index contributed by atoms with van der Waals surface area (Å²) < 4.78 is 38.1. The van der Waals surface area contributed by atoms with E-state index in [0.717, 1.165) is 5.39 Å². The Kier molecular flexibility index (Phi) is 2.98. The highest BCUT2D eigenvalue weighted by molar-refractivity contribution is 6.07. The van der Waals surface area contributed by atoms with Crippen LogP contribution in [0, 0.1) is 6.92 Å². The van der Waals surface area contributed by atoms with Crippen LogP contribution in [-0.4, -0.2) is 17.1 Å². The molecule has 0 aliphatic carbocycles. The molecule has 18 heavy (non-hydrogen) atoms. The van der Waals surface area contributed by atoms with Gasteiger partial charge in [-0.2, -0.15) is 13.2 Å². The molecule has 0 aliphatic rings. The van der Waals surface area contributed by atoms with E-state index in [-0.39, 0.29) is 5.56 Å². The molecule has 1 N–H and O–H groups in total. The van der Waals surface area contributed by atoms with Gasteiger partial charge in [0.05, 0.1) is 0 Å². The Labute approximate surface area is 101 Å². The molecule has 0 atom stereocenters. The Morgan fingerprint density at radius 1 is 1.11 bits per heavy atom. The first-order valence-electron chi connectivity index (χ1n) is 5.22. The van der Waals surface area contributed by atoms with Crippen molar-refractivity contribution in [3.05, 3.63) is 47.5 Å². The van der Waals surface area contributed by atoms with Gasteiger partial charge in [-0.3, -0.25) is 0 Å². The van der Waals surface area contributed by atoms with E-state index < -0.39 is 11.9 Å². The number of rotatable bonds is 1. The van der Waals surface area contributed by atoms with Crippen LogP contribution >= 0.6 is 0 Å². The largest absolute Gasteiger partial charge is 0.437 e. The molecule has 0 bridgehead atoms. The predicted octanol–water partition coefficient (Wildman–Crippen LogP) is 3.89. The number of hydrogen-bond acceptors (Lipinski definition) is 2. The number of nitrogens with zero attached hydrogens (tertiary/aromatic N) is 1. The number of benzene rings is 2. The zero-order chi connectivity index (χ0) is 13.3. The summed E-state index contributed by atoms with van der Waals surface area (Å²) in [5.41, 5.74) is -0.965. The van der Waals surface area contributed by atoms with E-state index in [1.54, 1.807) is 25.1 Å². The summed E-state index contributed by atoms with van der Waals surface area (Å²) in [6.45, 7) is 1.55. The Morgan fingerprint density at radius 3 is 2.17 bits per heavy atom. The van der Waals surface area contributed by atoms with Gasteiger partial charge in [0.25, 0.3) is 0 Å². The normalized spacial score (nSPS) is 13.0. The summed E-state index contributed by atoms with van der Waals surface area (Å²) in [4.78, 5) is 0. The highest BCUT2D eigenvalue weighted by atomic mass is 19.4. The quantitative estimate of drug-likeness (QED) is 0.467. The van der Waals surface area contributed by atoms with E-state index in [1.807, 2.05) is 12.1 Å². The van der Waals surface area contributed by atoms with Crippen molar-refractivity contribution < 1.29 is 18.4 Å². The lowest BCUT2D eigenvalue weighted by Gasteiger charge is -2.12. The minimum Gasteiger partial charge on any atom is -0.410 e. The lowest BCUT2D eigenvalue weighted by molar-refractivity contribution is -0.0601. The van der Waals surface area contributed by atoms with E-state index in [4.69, 9.17) is 5.21 Å². The second-order valence-corrected chi connectivity index (χ2v) is 3.96. The summed E-state index contributed by atoms with van der Waals surface area (Å²) in [6.07, 6.45) is -4.68. The minimum atomic E-state index is -4.68. The third-order valence-electron chi connectivity index (χ3n) is 2.72. The second-order valence-electron chi connectivity index (χ2n) is 3.96. The van der Waals surface area contributed by atoms with Crippen LogP contribution in [0.2, 0.25) is 0 Å². The molecule has 2 nitrogen and oxygen atoms in total. The Hall–Kier alpha value is -2.04. The zero-order valence-electron chi connectivity index (χ0n) is 9.49. The highest BCUT2D eigenvalue weighted by Crippen LogP contribution is 2.27. The van der Waals surface area contributed by atoms with Gasteiger partial charge in [-0.05, 0) is 29.3 Å². The van der Waals surface area contributed by atoms with E-state index in [9.17, 15) is 13.2 Å². The third kappa shape index (κ3) is 2.16. The highest BCUT2D eigenvalue weighted by Gasteiger charge is 2.38. The monoisotopic (exact) mass is 253 g/mol. The van der Waals surface area contributed by atoms with Crippen molar-refractivity contribution >= 4 is 16.5 Å². The molecule has 2 aromatic carbocycles. The molecule has 0 spiro atoms. The first-order valence-corrected chi connectivity index (χ1v) is 5.22. The van der Waals surface area contributed by atoms with Gasteiger partial charge in [-0.15, -0.1) is 0 Å². The molecule has 0 amide bonds. The van der Waals surface area contributed by atoms with Crippen LogP contribution in [0.25, 0.3) is 10.8 Å². The van der Waals surface area contributed by atoms with Crippen LogP contribution in [0.5, 0.6) is 0 Å². The predicted molar refractivity (Wildman–Crippen MR) is 63.1 cm³/mol. The standard InChI is InChI=1S/C13H10F3NO/c1-8-6-9-4-2-3-5-10(9)7-11(8)12(17-18)13(14,15)16/h2-7,18H,1H3/b17-12-. The van der Waals surface area contributed by atoms with Gasteiger partial charge >= 0.3 is 6.18 Å². The zero-order valence-corrected chi connectivity index (χ0v) is 9.49. The fraction of sp³-hybridized carbons (Fsp3) is 0.154. The second kappa shape index (κ2) is 4.33. The molecular weight excluding hydrogens is 243 g/mol. The van der Waals surface area contributed by atoms with Crippen molar-refractivity contribution in [1.82, 2.24) is 0 Å². The van der Waals surface area contributed by atoms with Gasteiger partial charge in [0, 0.05) is 5.56 Å². The van der Waals surface area contributed by atoms with Crippen molar-refractivity contribution in [2.45, 2.75) is 13.1 Å². The molecule has 0 unspecified atom stereocenters. The maximum absolute atomic E-state index is 12.7. The molecule has 94 valence electrons. The average Bonchev–Trinajstić information content (AvgIpc) is 2.29. The van der Waals surface area contributed by atoms with Crippen LogP contribution in [0.1, 0.15) is 11.1 Å². The molecule has 2 rings (SSSR count). The molecule has 0 saturated carbocycles. The summed E-state index contributed by atoms with van der Waals surface area (Å²) in [5, 5.41) is 12.5. The van der Waals surface area contributed by atoms with Crippen LogP contribution in [0.3, 0.4) is 0 Å². The third-order valence-corrected chi connectivity index (χ3v) is 2.72. The molecule has 2 aromatic rings. The summed E-state index contributed by atoms with van der Waals surface area (Å²) in [7, 11) is 0. The van der Waals surface area contributed by atoms with E-state index in [2.05, 4.69) is 5.16 Å². The number of aryl methyl sites for hydroxylation is 1. The van der Waals surface area contributed by atoms with Crippen molar-refractivity contribution in [1.29, 1.82) is 0 Å². The number of hydrogen-bond donors (Lipinski definition) is 1. The number of alkyl halides is 3. The molecule has 0 fully saturated rings. The maximum Gasteiger partial charge on any atom is 0.437 e. The van der Waals surface area contributed by atoms with Gasteiger partial charge in [0.1, 0.15) is 0 Å². The van der Waals surface area contributed by atoms with Crippen molar-refractivity contribution in [3.8, 4) is 0 Å². The van der Waals surface area contributed by atoms with E-state index in [0.29, 0.717) is 10.9 Å². The lowest BCUT2D eigenvalue weighted by Crippen LogP contribution is -2.24. The van der Waals surface area contributed by atoms with E-state index >= 15 is 0 Å². The summed E-state index contributed by atoms with van der Waals surface area (Å²) >= 11 is 0. The van der Waals surface area contributed by atoms with Crippen LogP contribution in [0.4, 0.5) is 13.2 Å². The van der Waals surface area contributed by atoms with Crippen molar-refractivity contribution in [3.63, 3.8) is 0 Å². The van der Waals surface area contributed by atoms with E-state index in [1.165, 1.54) is 6.07 Å². The van der Waals surface area contributed by atoms with Crippen molar-refractivity contribution in [2.75, 3.05) is 0 Å². The van der Waals surface area contributed by atoms with Crippen LogP contribution < -0.4 is 0 Å². The van der Waals surface area contributed by atoms with Gasteiger partial charge in [0.2, 0.25) is 0 Å². The van der Waals surface area contributed by atoms with Gasteiger partial charge in [-0.1, -0.05) is 35.5 Å². The van der Waals surface area contributed by atoms with Crippen LogP contribution in [0.15, 0.2) is 41.6 Å². The molecular formula is C13H10F3NO. The minimum absolute atomic E-state index is 0.108. The molecule has 0 aromatic heterocycles. The Bertz CT molecular complexity index is 617. The number of oxime groups is 1. The molecule has 0 heterocycles. The molecule has 0 aliphatic heterocycles. The lowest BCUT2D eigenvalue weighted by atomic mass is 9.98. The fourth-order valence-corrected chi connectivity index (χ4v) is 1.87. The topological polar surface area (TPSA) is 32.6 Å². The number of fused-ring (bicyclic) bond motifs is 1. The smallest absolute Gasteiger partial charge is 0.410 e.